The lowest BCUT2D eigenvalue weighted by molar-refractivity contribution is -0.140. The second-order valence-corrected chi connectivity index (χ2v) is 11.6. The van der Waals surface area contributed by atoms with Gasteiger partial charge in [-0.25, -0.2) is 8.42 Å². The van der Waals surface area contributed by atoms with Crippen molar-refractivity contribution >= 4 is 39.1 Å². The van der Waals surface area contributed by atoms with E-state index in [1.807, 2.05) is 13.8 Å². The van der Waals surface area contributed by atoms with Crippen LogP contribution in [0.3, 0.4) is 0 Å². The number of carbonyl (C=O) groups is 2. The molecule has 0 heterocycles. The lowest BCUT2D eigenvalue weighted by Crippen LogP contribution is -2.52. The second-order valence-electron chi connectivity index (χ2n) is 9.25. The van der Waals surface area contributed by atoms with Gasteiger partial charge in [0.1, 0.15) is 24.1 Å². The fraction of sp³-hybridized carbons (Fsp3) is 0.333. The Labute approximate surface area is 247 Å². The van der Waals surface area contributed by atoms with Crippen molar-refractivity contribution in [3.8, 4) is 11.5 Å². The van der Waals surface area contributed by atoms with Crippen molar-refractivity contribution in [3.63, 3.8) is 0 Å². The van der Waals surface area contributed by atoms with Crippen molar-refractivity contribution in [1.82, 2.24) is 10.2 Å². The molecule has 0 spiro atoms. The van der Waals surface area contributed by atoms with Gasteiger partial charge in [0.2, 0.25) is 11.8 Å². The number of carbonyl (C=O) groups excluding carboxylic acids is 2. The average Bonchev–Trinajstić information content (AvgIpc) is 2.98. The predicted molar refractivity (Wildman–Crippen MR) is 160 cm³/mol. The summed E-state index contributed by atoms with van der Waals surface area (Å²) in [6.45, 7) is 3.75. The Kier molecular flexibility index (Phi) is 11.4. The summed E-state index contributed by atoms with van der Waals surface area (Å²) in [7, 11) is -1.17. The number of nitrogens with one attached hydrogen (secondary N) is 1. The number of halogens is 1. The van der Waals surface area contributed by atoms with E-state index in [2.05, 4.69) is 5.32 Å². The van der Waals surface area contributed by atoms with Crippen molar-refractivity contribution in [2.24, 2.45) is 0 Å². The molecule has 3 rings (SSSR count). The number of hydrogen-bond donors (Lipinski definition) is 1. The molecular formula is C30H36ClN3O6S. The molecule has 0 aliphatic carbocycles. The maximum Gasteiger partial charge on any atom is 0.264 e. The third-order valence-corrected chi connectivity index (χ3v) is 8.49. The smallest absolute Gasteiger partial charge is 0.264 e. The first-order chi connectivity index (χ1) is 19.6. The first kappa shape index (κ1) is 31.8. The minimum absolute atomic E-state index is 0.0273. The normalized spacial score (nSPS) is 11.8. The SMILES string of the molecule is CCCNC(=O)[C@H](CC)N(Cc1ccc(OC)cc1)C(=O)CN(c1cccc(Cl)c1)S(=O)(=O)c1ccc(OC)cc1. The van der Waals surface area contributed by atoms with Gasteiger partial charge >= 0.3 is 0 Å². The van der Waals surface area contributed by atoms with Gasteiger partial charge in [0.05, 0.1) is 24.8 Å². The van der Waals surface area contributed by atoms with Gasteiger partial charge in [-0.15, -0.1) is 0 Å². The summed E-state index contributed by atoms with van der Waals surface area (Å²) < 4.78 is 39.3. The Morgan fingerprint density at radius 1 is 0.927 bits per heavy atom. The molecule has 0 aliphatic heterocycles. The molecule has 0 unspecified atom stereocenters. The molecule has 1 N–H and O–H groups in total. The number of amides is 2. The van der Waals surface area contributed by atoms with Crippen molar-refractivity contribution in [2.75, 3.05) is 31.6 Å². The molecule has 41 heavy (non-hydrogen) atoms. The number of sulfonamides is 1. The Morgan fingerprint density at radius 2 is 1.54 bits per heavy atom. The van der Waals surface area contributed by atoms with E-state index in [-0.39, 0.29) is 23.0 Å². The molecule has 0 radical (unpaired) electrons. The van der Waals surface area contributed by atoms with Gasteiger partial charge in [-0.1, -0.05) is 43.6 Å². The number of rotatable bonds is 14. The number of nitrogens with zero attached hydrogens (tertiary/aromatic N) is 2. The Morgan fingerprint density at radius 3 is 2.07 bits per heavy atom. The van der Waals surface area contributed by atoms with E-state index in [4.69, 9.17) is 21.1 Å². The number of hydrogen-bond acceptors (Lipinski definition) is 6. The summed E-state index contributed by atoms with van der Waals surface area (Å²) in [4.78, 5) is 28.6. The summed E-state index contributed by atoms with van der Waals surface area (Å²) in [6, 6.07) is 18.5. The largest absolute Gasteiger partial charge is 0.497 e. The van der Waals surface area contributed by atoms with E-state index in [0.29, 0.717) is 29.5 Å². The zero-order valence-corrected chi connectivity index (χ0v) is 25.2. The molecule has 0 bridgehead atoms. The van der Waals surface area contributed by atoms with Gasteiger partial charge in [0.15, 0.2) is 0 Å². The highest BCUT2D eigenvalue weighted by Gasteiger charge is 2.33. The standard InChI is InChI=1S/C30H36ClN3O6S/c1-5-18-32-30(36)28(6-2)33(20-22-10-12-25(39-3)13-11-22)29(35)21-34(24-9-7-8-23(31)19-24)41(37,38)27-16-14-26(40-4)15-17-27/h7-17,19,28H,5-6,18,20-21H2,1-4H3,(H,32,36)/t28-/m0/s1. The van der Waals surface area contributed by atoms with Crippen LogP contribution < -0.4 is 19.1 Å². The Hall–Kier alpha value is -3.76. The zero-order valence-electron chi connectivity index (χ0n) is 23.7. The fourth-order valence-corrected chi connectivity index (χ4v) is 5.84. The summed E-state index contributed by atoms with van der Waals surface area (Å²) in [5, 5.41) is 3.18. The molecular weight excluding hydrogens is 566 g/mol. The van der Waals surface area contributed by atoms with Crippen molar-refractivity contribution in [3.05, 3.63) is 83.4 Å². The van der Waals surface area contributed by atoms with E-state index in [1.54, 1.807) is 49.6 Å². The number of anilines is 1. The quantitative estimate of drug-likeness (QED) is 0.282. The minimum Gasteiger partial charge on any atom is -0.497 e. The van der Waals surface area contributed by atoms with Gasteiger partial charge < -0.3 is 19.7 Å². The molecule has 9 nitrogen and oxygen atoms in total. The average molecular weight is 602 g/mol. The first-order valence-electron chi connectivity index (χ1n) is 13.3. The molecule has 0 aromatic heterocycles. The fourth-order valence-electron chi connectivity index (χ4n) is 4.25. The van der Waals surface area contributed by atoms with E-state index >= 15 is 0 Å². The highest BCUT2D eigenvalue weighted by atomic mass is 35.5. The monoisotopic (exact) mass is 601 g/mol. The molecule has 0 fully saturated rings. The molecule has 11 heteroatoms. The van der Waals surface area contributed by atoms with E-state index in [9.17, 15) is 18.0 Å². The van der Waals surface area contributed by atoms with Crippen LogP contribution in [-0.4, -0.2) is 58.5 Å². The number of ether oxygens (including phenoxy) is 2. The number of benzene rings is 3. The summed E-state index contributed by atoms with van der Waals surface area (Å²) in [6.07, 6.45) is 1.07. The predicted octanol–water partition coefficient (Wildman–Crippen LogP) is 4.89. The van der Waals surface area contributed by atoms with Gasteiger partial charge in [0.25, 0.3) is 10.0 Å². The highest BCUT2D eigenvalue weighted by Crippen LogP contribution is 2.28. The summed E-state index contributed by atoms with van der Waals surface area (Å²) in [5.41, 5.74) is 0.975. The maximum atomic E-state index is 14.1. The number of methoxy groups -OCH3 is 2. The summed E-state index contributed by atoms with van der Waals surface area (Å²) in [5.74, 6) is 0.292. The maximum absolute atomic E-state index is 14.1. The van der Waals surface area contributed by atoms with Gasteiger partial charge in [-0.2, -0.15) is 0 Å². The summed E-state index contributed by atoms with van der Waals surface area (Å²) >= 11 is 6.22. The minimum atomic E-state index is -4.22. The van der Waals surface area contributed by atoms with Gasteiger partial charge in [-0.3, -0.25) is 13.9 Å². The zero-order chi connectivity index (χ0) is 30.0. The van der Waals surface area contributed by atoms with Crippen molar-refractivity contribution in [1.29, 1.82) is 0 Å². The Balaban J connectivity index is 2.04. The van der Waals surface area contributed by atoms with Crippen LogP contribution >= 0.6 is 11.6 Å². The highest BCUT2D eigenvalue weighted by molar-refractivity contribution is 7.92. The molecule has 2 amide bonds. The molecule has 3 aromatic carbocycles. The van der Waals surface area contributed by atoms with Crippen molar-refractivity contribution in [2.45, 2.75) is 44.2 Å². The molecule has 3 aromatic rings. The van der Waals surface area contributed by atoms with Crippen LogP contribution in [0, 0.1) is 0 Å². The van der Waals surface area contributed by atoms with Crippen LogP contribution in [0.2, 0.25) is 5.02 Å². The van der Waals surface area contributed by atoms with Crippen LogP contribution in [-0.2, 0) is 26.2 Å². The van der Waals surface area contributed by atoms with Gasteiger partial charge in [0, 0.05) is 18.1 Å². The van der Waals surface area contributed by atoms with Gasteiger partial charge in [-0.05, 0) is 73.0 Å². The molecule has 220 valence electrons. The molecule has 0 saturated heterocycles. The van der Waals surface area contributed by atoms with Crippen LogP contribution in [0.15, 0.2) is 77.7 Å². The topological polar surface area (TPSA) is 105 Å². The lowest BCUT2D eigenvalue weighted by Gasteiger charge is -2.33. The Bertz CT molecular complexity index is 1410. The van der Waals surface area contributed by atoms with E-state index < -0.39 is 28.5 Å². The van der Waals surface area contributed by atoms with Crippen LogP contribution in [0.25, 0.3) is 0 Å². The lowest BCUT2D eigenvalue weighted by atomic mass is 10.1. The first-order valence-corrected chi connectivity index (χ1v) is 15.1. The third-order valence-electron chi connectivity index (χ3n) is 6.47. The molecule has 0 aliphatic rings. The second kappa shape index (κ2) is 14.7. The van der Waals surface area contributed by atoms with E-state index in [1.165, 1.54) is 42.3 Å². The molecule has 1 atom stereocenters. The van der Waals surface area contributed by atoms with Crippen LogP contribution in [0.5, 0.6) is 11.5 Å². The van der Waals surface area contributed by atoms with Crippen LogP contribution in [0.4, 0.5) is 5.69 Å². The van der Waals surface area contributed by atoms with Crippen LogP contribution in [0.1, 0.15) is 32.3 Å². The third kappa shape index (κ3) is 8.14. The van der Waals surface area contributed by atoms with Crippen molar-refractivity contribution < 1.29 is 27.5 Å². The molecule has 0 saturated carbocycles. The van der Waals surface area contributed by atoms with E-state index in [0.717, 1.165) is 16.3 Å².